The molecule has 120 valence electrons. The number of methoxy groups -OCH3 is 1. The van der Waals surface area contributed by atoms with Crippen molar-refractivity contribution in [3.05, 3.63) is 22.7 Å². The van der Waals surface area contributed by atoms with Crippen LogP contribution in [-0.4, -0.2) is 34.9 Å². The summed E-state index contributed by atoms with van der Waals surface area (Å²) in [5, 5.41) is 20.2. The molecule has 6 heteroatoms. The molecule has 0 saturated heterocycles. The molecular formula is C16H20O6. The number of carbonyl (C=O) groups is 3. The second-order valence-electron chi connectivity index (χ2n) is 5.61. The van der Waals surface area contributed by atoms with Crippen molar-refractivity contribution in [2.24, 2.45) is 5.92 Å². The first kappa shape index (κ1) is 16.3. The second-order valence-corrected chi connectivity index (χ2v) is 5.61. The summed E-state index contributed by atoms with van der Waals surface area (Å²) in [5.41, 5.74) is 0.155. The van der Waals surface area contributed by atoms with Gasteiger partial charge in [0.05, 0.1) is 25.0 Å². The Hall–Kier alpha value is -2.11. The topological polar surface area (TPSA) is 101 Å². The first-order valence-electron chi connectivity index (χ1n) is 7.43. The number of hydrogen-bond donors (Lipinski definition) is 2. The van der Waals surface area contributed by atoms with Crippen LogP contribution in [0.1, 0.15) is 44.9 Å². The van der Waals surface area contributed by atoms with Gasteiger partial charge >= 0.3 is 5.97 Å². The molecule has 0 amide bonds. The Morgan fingerprint density at radius 3 is 1.82 bits per heavy atom. The number of aliphatic hydroxyl groups is 2. The van der Waals surface area contributed by atoms with Crippen LogP contribution in [0.4, 0.5) is 0 Å². The lowest BCUT2D eigenvalue weighted by Crippen LogP contribution is -2.29. The van der Waals surface area contributed by atoms with E-state index in [1.165, 1.54) is 7.11 Å². The second kappa shape index (κ2) is 6.77. The van der Waals surface area contributed by atoms with Gasteiger partial charge in [0.15, 0.2) is 11.6 Å². The number of esters is 1. The van der Waals surface area contributed by atoms with E-state index >= 15 is 0 Å². The molecule has 0 unspecified atom stereocenters. The smallest absolute Gasteiger partial charge is 0.306 e. The number of ether oxygens (including phenoxy) is 1. The first-order chi connectivity index (χ1) is 10.5. The molecule has 0 aromatic carbocycles. The van der Waals surface area contributed by atoms with Crippen molar-refractivity contribution in [2.75, 3.05) is 7.11 Å². The summed E-state index contributed by atoms with van der Waals surface area (Å²) in [7, 11) is 1.22. The molecule has 0 spiro atoms. The lowest BCUT2D eigenvalue weighted by Gasteiger charge is -2.27. The number of hydrogen-bond acceptors (Lipinski definition) is 6. The van der Waals surface area contributed by atoms with Crippen molar-refractivity contribution >= 4 is 17.5 Å². The first-order valence-corrected chi connectivity index (χ1v) is 7.43. The number of ketones is 2. The lowest BCUT2D eigenvalue weighted by molar-refractivity contribution is -0.141. The summed E-state index contributed by atoms with van der Waals surface area (Å²) >= 11 is 0. The van der Waals surface area contributed by atoms with Crippen LogP contribution < -0.4 is 0 Å². The van der Waals surface area contributed by atoms with Gasteiger partial charge in [-0.1, -0.05) is 0 Å². The zero-order chi connectivity index (χ0) is 16.3. The molecule has 2 rings (SSSR count). The van der Waals surface area contributed by atoms with Crippen LogP contribution >= 0.6 is 0 Å². The zero-order valence-corrected chi connectivity index (χ0v) is 12.6. The van der Waals surface area contributed by atoms with E-state index in [0.29, 0.717) is 25.7 Å². The summed E-state index contributed by atoms with van der Waals surface area (Å²) < 4.78 is 4.63. The molecule has 6 nitrogen and oxygen atoms in total. The van der Waals surface area contributed by atoms with Gasteiger partial charge < -0.3 is 14.9 Å². The minimum Gasteiger partial charge on any atom is -0.512 e. The molecule has 0 heterocycles. The van der Waals surface area contributed by atoms with E-state index in [1.54, 1.807) is 0 Å². The predicted octanol–water partition coefficient (Wildman–Crippen LogP) is 2.30. The van der Waals surface area contributed by atoms with Gasteiger partial charge in [-0.3, -0.25) is 14.4 Å². The third-order valence-corrected chi connectivity index (χ3v) is 4.15. The number of aliphatic hydroxyl groups excluding tert-OH is 2. The molecular weight excluding hydrogens is 288 g/mol. The van der Waals surface area contributed by atoms with E-state index in [0.717, 1.165) is 0 Å². The van der Waals surface area contributed by atoms with Crippen LogP contribution in [0.2, 0.25) is 0 Å². The molecule has 2 N–H and O–H groups in total. The molecule has 0 aromatic heterocycles. The summed E-state index contributed by atoms with van der Waals surface area (Å²) in [5.74, 6) is -2.27. The quantitative estimate of drug-likeness (QED) is 0.773. The predicted molar refractivity (Wildman–Crippen MR) is 77.1 cm³/mol. The van der Waals surface area contributed by atoms with Gasteiger partial charge in [-0.05, 0) is 12.8 Å². The number of rotatable bonds is 4. The highest BCUT2D eigenvalue weighted by atomic mass is 16.5. The van der Waals surface area contributed by atoms with E-state index < -0.39 is 11.9 Å². The molecule has 0 fully saturated rings. The van der Waals surface area contributed by atoms with Crippen LogP contribution in [-0.2, 0) is 19.1 Å². The van der Waals surface area contributed by atoms with E-state index in [1.807, 2.05) is 0 Å². The number of carbonyl (C=O) groups excluding carboxylic acids is 3. The minimum absolute atomic E-state index is 0.0773. The van der Waals surface area contributed by atoms with Crippen LogP contribution in [0.5, 0.6) is 0 Å². The van der Waals surface area contributed by atoms with Crippen molar-refractivity contribution in [3.63, 3.8) is 0 Å². The van der Waals surface area contributed by atoms with Crippen molar-refractivity contribution in [1.82, 2.24) is 0 Å². The molecule has 0 bridgehead atoms. The highest BCUT2D eigenvalue weighted by Crippen LogP contribution is 2.37. The van der Waals surface area contributed by atoms with Crippen LogP contribution in [0, 0.1) is 5.92 Å². The van der Waals surface area contributed by atoms with Crippen LogP contribution in [0.25, 0.3) is 0 Å². The largest absolute Gasteiger partial charge is 0.512 e. The van der Waals surface area contributed by atoms with Crippen molar-refractivity contribution < 1.29 is 29.3 Å². The third kappa shape index (κ3) is 3.21. The fraction of sp³-hybridized carbons (Fsp3) is 0.562. The van der Waals surface area contributed by atoms with Gasteiger partial charge in [0.2, 0.25) is 0 Å². The van der Waals surface area contributed by atoms with Crippen molar-refractivity contribution in [3.8, 4) is 0 Å². The van der Waals surface area contributed by atoms with Gasteiger partial charge in [0, 0.05) is 42.7 Å². The minimum atomic E-state index is -0.923. The Morgan fingerprint density at radius 1 is 1.00 bits per heavy atom. The van der Waals surface area contributed by atoms with Crippen molar-refractivity contribution in [1.29, 1.82) is 0 Å². The molecule has 0 aliphatic heterocycles. The summed E-state index contributed by atoms with van der Waals surface area (Å²) in [4.78, 5) is 36.1. The molecule has 0 aromatic rings. The number of Topliss-reactive ketones (excluding diaryl/α,β-unsaturated/α-hetero) is 2. The Kier molecular flexibility index (Phi) is 5.00. The van der Waals surface area contributed by atoms with Gasteiger partial charge in [-0.2, -0.15) is 0 Å². The third-order valence-electron chi connectivity index (χ3n) is 4.15. The molecule has 0 saturated carbocycles. The zero-order valence-electron chi connectivity index (χ0n) is 12.6. The maximum Gasteiger partial charge on any atom is 0.306 e. The highest BCUT2D eigenvalue weighted by Gasteiger charge is 2.37. The monoisotopic (exact) mass is 308 g/mol. The highest BCUT2D eigenvalue weighted by molar-refractivity contribution is 6.04. The van der Waals surface area contributed by atoms with Crippen molar-refractivity contribution in [2.45, 2.75) is 44.9 Å². The van der Waals surface area contributed by atoms with Crippen LogP contribution in [0.15, 0.2) is 22.7 Å². The average Bonchev–Trinajstić information content (AvgIpc) is 2.46. The maximum atomic E-state index is 12.2. The standard InChI is InChI=1S/C16H20O6/c1-22-14(21)8-9(15-10(17)4-2-5-11(15)18)16-12(19)6-3-7-13(16)20/h9,17,19H,2-8H2,1H3. The Balaban J connectivity index is 2.49. The molecule has 0 radical (unpaired) electrons. The van der Waals surface area contributed by atoms with Gasteiger partial charge in [-0.25, -0.2) is 0 Å². The summed E-state index contributed by atoms with van der Waals surface area (Å²) in [6.45, 7) is 0. The van der Waals surface area contributed by atoms with Gasteiger partial charge in [0.1, 0.15) is 0 Å². The van der Waals surface area contributed by atoms with E-state index in [4.69, 9.17) is 0 Å². The normalized spacial score (nSPS) is 19.9. The lowest BCUT2D eigenvalue weighted by atomic mass is 9.76. The SMILES string of the molecule is COC(=O)CC(C1=C(O)CCCC1=O)C1=C(O)CCCC1=O. The van der Waals surface area contributed by atoms with Crippen LogP contribution in [0.3, 0.4) is 0 Å². The van der Waals surface area contributed by atoms with E-state index in [-0.39, 0.29) is 53.5 Å². The van der Waals surface area contributed by atoms with E-state index in [9.17, 15) is 24.6 Å². The molecule has 2 aliphatic carbocycles. The van der Waals surface area contributed by atoms with Gasteiger partial charge in [0.25, 0.3) is 0 Å². The average molecular weight is 308 g/mol. The summed E-state index contributed by atoms with van der Waals surface area (Å²) in [6, 6.07) is 0. The Morgan fingerprint density at radius 2 is 1.45 bits per heavy atom. The Bertz CT molecular complexity index is 527. The van der Waals surface area contributed by atoms with Gasteiger partial charge in [-0.15, -0.1) is 0 Å². The molecule has 0 atom stereocenters. The Labute approximate surface area is 128 Å². The maximum absolute atomic E-state index is 12.2. The molecule has 22 heavy (non-hydrogen) atoms. The van der Waals surface area contributed by atoms with E-state index in [2.05, 4.69) is 4.74 Å². The molecule has 2 aliphatic rings. The fourth-order valence-corrected chi connectivity index (χ4v) is 3.08. The summed E-state index contributed by atoms with van der Waals surface area (Å²) in [6.07, 6.45) is 2.03. The number of allylic oxidation sites excluding steroid dienone is 4. The fourth-order valence-electron chi connectivity index (χ4n) is 3.08.